The van der Waals surface area contributed by atoms with Crippen LogP contribution in [0.4, 0.5) is 5.69 Å². The molecule has 1 aliphatic heterocycles. The third-order valence-electron chi connectivity index (χ3n) is 3.40. The summed E-state index contributed by atoms with van der Waals surface area (Å²) < 4.78 is 5.08. The lowest BCUT2D eigenvalue weighted by molar-refractivity contribution is -0.116. The van der Waals surface area contributed by atoms with E-state index in [0.29, 0.717) is 19.1 Å². The van der Waals surface area contributed by atoms with Crippen molar-refractivity contribution < 1.29 is 9.53 Å². The van der Waals surface area contributed by atoms with Crippen LogP contribution in [0.1, 0.15) is 31.2 Å². The van der Waals surface area contributed by atoms with Gasteiger partial charge in [0.1, 0.15) is 0 Å². The number of rotatable bonds is 6. The summed E-state index contributed by atoms with van der Waals surface area (Å²) in [4.78, 5) is 11.9. The smallest absolute Gasteiger partial charge is 0.224 e. The van der Waals surface area contributed by atoms with Gasteiger partial charge in [-0.25, -0.2) is 0 Å². The number of carbonyl (C=O) groups is 1. The Balaban J connectivity index is 0.00000200. The molecule has 112 valence electrons. The fourth-order valence-corrected chi connectivity index (χ4v) is 2.44. The molecule has 0 saturated carbocycles. The Morgan fingerprint density at radius 3 is 3.05 bits per heavy atom. The van der Waals surface area contributed by atoms with Crippen molar-refractivity contribution >= 4 is 24.0 Å². The zero-order valence-electron chi connectivity index (χ0n) is 11.9. The average molecular weight is 299 g/mol. The van der Waals surface area contributed by atoms with E-state index in [2.05, 4.69) is 10.6 Å². The van der Waals surface area contributed by atoms with Gasteiger partial charge in [-0.05, 0) is 43.5 Å². The first-order chi connectivity index (χ1) is 9.28. The number of ether oxygens (including phenoxy) is 1. The molecule has 5 heteroatoms. The first-order valence-electron chi connectivity index (χ1n) is 6.89. The number of benzene rings is 1. The predicted octanol–water partition coefficient (Wildman–Crippen LogP) is 2.73. The molecule has 1 atom stereocenters. The van der Waals surface area contributed by atoms with E-state index in [9.17, 15) is 4.79 Å². The predicted molar refractivity (Wildman–Crippen MR) is 83.3 cm³/mol. The average Bonchev–Trinajstić information content (AvgIpc) is 2.90. The molecule has 0 spiro atoms. The van der Waals surface area contributed by atoms with E-state index in [1.54, 1.807) is 7.11 Å². The summed E-state index contributed by atoms with van der Waals surface area (Å²) in [5.74, 6) is 0.0864. The van der Waals surface area contributed by atoms with Crippen molar-refractivity contribution in [3.05, 3.63) is 29.8 Å². The molecule has 1 saturated heterocycles. The molecular formula is C15H23ClN2O2. The lowest BCUT2D eigenvalue weighted by Crippen LogP contribution is -2.23. The Bertz CT molecular complexity index is 420. The van der Waals surface area contributed by atoms with Gasteiger partial charge in [-0.1, -0.05) is 12.1 Å². The molecule has 1 amide bonds. The zero-order chi connectivity index (χ0) is 13.5. The minimum Gasteiger partial charge on any atom is -0.380 e. The number of anilines is 1. The van der Waals surface area contributed by atoms with Crippen molar-refractivity contribution in [1.82, 2.24) is 5.32 Å². The Morgan fingerprint density at radius 1 is 1.50 bits per heavy atom. The second-order valence-electron chi connectivity index (χ2n) is 5.01. The highest BCUT2D eigenvalue weighted by Gasteiger charge is 2.15. The molecule has 2 rings (SSSR count). The van der Waals surface area contributed by atoms with Crippen LogP contribution in [-0.2, 0) is 16.1 Å². The number of hydrogen-bond acceptors (Lipinski definition) is 3. The molecule has 2 N–H and O–H groups in total. The highest BCUT2D eigenvalue weighted by Crippen LogP contribution is 2.14. The van der Waals surface area contributed by atoms with Gasteiger partial charge in [-0.3, -0.25) is 4.79 Å². The Labute approximate surface area is 126 Å². The molecule has 1 fully saturated rings. The number of hydrogen-bond donors (Lipinski definition) is 2. The van der Waals surface area contributed by atoms with Gasteiger partial charge in [0, 0.05) is 25.3 Å². The Morgan fingerprint density at radius 2 is 2.35 bits per heavy atom. The van der Waals surface area contributed by atoms with E-state index in [1.165, 1.54) is 12.8 Å². The molecule has 1 aromatic rings. The highest BCUT2D eigenvalue weighted by atomic mass is 35.5. The molecule has 1 aliphatic rings. The third-order valence-corrected chi connectivity index (χ3v) is 3.40. The van der Waals surface area contributed by atoms with Gasteiger partial charge in [-0.15, -0.1) is 12.4 Å². The summed E-state index contributed by atoms with van der Waals surface area (Å²) in [6, 6.07) is 8.30. The number of carbonyl (C=O) groups excluding carboxylic acids is 1. The van der Waals surface area contributed by atoms with Crippen molar-refractivity contribution in [2.75, 3.05) is 19.0 Å². The molecule has 0 bridgehead atoms. The molecule has 1 heterocycles. The van der Waals surface area contributed by atoms with Crippen molar-refractivity contribution in [3.8, 4) is 0 Å². The minimum atomic E-state index is 0. The van der Waals surface area contributed by atoms with Gasteiger partial charge in [0.15, 0.2) is 0 Å². The number of methoxy groups -OCH3 is 1. The molecule has 1 unspecified atom stereocenters. The molecule has 0 radical (unpaired) electrons. The van der Waals surface area contributed by atoms with E-state index in [-0.39, 0.29) is 18.3 Å². The normalized spacial score (nSPS) is 17.6. The number of nitrogens with one attached hydrogen (secondary N) is 2. The summed E-state index contributed by atoms with van der Waals surface area (Å²) in [6.07, 6.45) is 3.91. The maximum absolute atomic E-state index is 11.9. The fraction of sp³-hybridized carbons (Fsp3) is 0.533. The highest BCUT2D eigenvalue weighted by molar-refractivity contribution is 5.90. The first kappa shape index (κ1) is 17.0. The van der Waals surface area contributed by atoms with Gasteiger partial charge < -0.3 is 15.4 Å². The molecular weight excluding hydrogens is 276 g/mol. The van der Waals surface area contributed by atoms with Crippen LogP contribution in [-0.4, -0.2) is 25.6 Å². The SMILES string of the molecule is COCc1cccc(NC(=O)CCC2CCCN2)c1.Cl. The lowest BCUT2D eigenvalue weighted by atomic mass is 10.1. The summed E-state index contributed by atoms with van der Waals surface area (Å²) in [7, 11) is 1.67. The van der Waals surface area contributed by atoms with Gasteiger partial charge in [-0.2, -0.15) is 0 Å². The summed E-state index contributed by atoms with van der Waals surface area (Å²) in [5.41, 5.74) is 1.91. The van der Waals surface area contributed by atoms with Crippen LogP contribution < -0.4 is 10.6 Å². The standard InChI is InChI=1S/C15H22N2O2.ClH/c1-19-11-12-4-2-5-14(10-12)17-15(18)8-7-13-6-3-9-16-13;/h2,4-5,10,13,16H,3,6-9,11H2,1H3,(H,17,18);1H. The number of amides is 1. The maximum atomic E-state index is 11.9. The quantitative estimate of drug-likeness (QED) is 0.849. The van der Waals surface area contributed by atoms with Crippen LogP contribution in [0.3, 0.4) is 0 Å². The Kier molecular flexibility index (Phi) is 7.59. The molecule has 1 aromatic carbocycles. The van der Waals surface area contributed by atoms with Crippen LogP contribution in [0.2, 0.25) is 0 Å². The summed E-state index contributed by atoms with van der Waals surface area (Å²) in [6.45, 7) is 1.65. The monoisotopic (exact) mass is 298 g/mol. The topological polar surface area (TPSA) is 50.4 Å². The van der Waals surface area contributed by atoms with Gasteiger partial charge in [0.2, 0.25) is 5.91 Å². The van der Waals surface area contributed by atoms with Gasteiger partial charge >= 0.3 is 0 Å². The van der Waals surface area contributed by atoms with E-state index < -0.39 is 0 Å². The molecule has 0 aliphatic carbocycles. The first-order valence-corrected chi connectivity index (χ1v) is 6.89. The fourth-order valence-electron chi connectivity index (χ4n) is 2.44. The van der Waals surface area contributed by atoms with Gasteiger partial charge in [0.25, 0.3) is 0 Å². The van der Waals surface area contributed by atoms with Crippen molar-refractivity contribution in [2.45, 2.75) is 38.3 Å². The summed E-state index contributed by atoms with van der Waals surface area (Å²) >= 11 is 0. The van der Waals surface area contributed by atoms with Crippen molar-refractivity contribution in [2.24, 2.45) is 0 Å². The van der Waals surface area contributed by atoms with Crippen LogP contribution in [0.15, 0.2) is 24.3 Å². The molecule has 20 heavy (non-hydrogen) atoms. The van der Waals surface area contributed by atoms with Crippen LogP contribution in [0.5, 0.6) is 0 Å². The maximum Gasteiger partial charge on any atom is 0.224 e. The van der Waals surface area contributed by atoms with Crippen molar-refractivity contribution in [3.63, 3.8) is 0 Å². The van der Waals surface area contributed by atoms with Crippen LogP contribution in [0, 0.1) is 0 Å². The third kappa shape index (κ3) is 5.49. The van der Waals surface area contributed by atoms with E-state index in [1.807, 2.05) is 24.3 Å². The van der Waals surface area contributed by atoms with E-state index in [4.69, 9.17) is 4.74 Å². The number of halogens is 1. The zero-order valence-corrected chi connectivity index (χ0v) is 12.7. The second-order valence-corrected chi connectivity index (χ2v) is 5.01. The van der Waals surface area contributed by atoms with Crippen LogP contribution >= 0.6 is 12.4 Å². The Hall–Kier alpha value is -1.10. The van der Waals surface area contributed by atoms with Gasteiger partial charge in [0.05, 0.1) is 6.61 Å². The van der Waals surface area contributed by atoms with Crippen molar-refractivity contribution in [1.29, 1.82) is 0 Å². The lowest BCUT2D eigenvalue weighted by Gasteiger charge is -2.10. The van der Waals surface area contributed by atoms with Crippen LogP contribution in [0.25, 0.3) is 0 Å². The largest absolute Gasteiger partial charge is 0.380 e. The van der Waals surface area contributed by atoms with E-state index >= 15 is 0 Å². The minimum absolute atomic E-state index is 0. The summed E-state index contributed by atoms with van der Waals surface area (Å²) in [5, 5.41) is 6.35. The second kappa shape index (κ2) is 8.95. The molecule has 4 nitrogen and oxygen atoms in total. The molecule has 0 aromatic heterocycles. The van der Waals surface area contributed by atoms with E-state index in [0.717, 1.165) is 24.2 Å².